The molecule has 5 nitrogen and oxygen atoms in total. The molecule has 0 radical (unpaired) electrons. The number of thiazole rings is 1. The van der Waals surface area contributed by atoms with Crippen LogP contribution in [0.2, 0.25) is 0 Å². The van der Waals surface area contributed by atoms with E-state index in [1.807, 2.05) is 0 Å². The molecule has 0 unspecified atom stereocenters. The van der Waals surface area contributed by atoms with Crippen molar-refractivity contribution in [2.45, 2.75) is 6.92 Å². The van der Waals surface area contributed by atoms with Crippen molar-refractivity contribution in [1.82, 2.24) is 9.38 Å². The Balaban J connectivity index is 2.12. The summed E-state index contributed by atoms with van der Waals surface area (Å²) in [7, 11) is 0. The number of rotatable bonds is 3. The van der Waals surface area contributed by atoms with Gasteiger partial charge in [-0.2, -0.15) is 0 Å². The molecule has 0 spiro atoms. The van der Waals surface area contributed by atoms with E-state index in [-0.39, 0.29) is 12.4 Å². The van der Waals surface area contributed by atoms with Gasteiger partial charge in [-0.1, -0.05) is 0 Å². The number of carbonyl (C=O) groups excluding carboxylic acids is 1. The molecule has 0 atom stereocenters. The average molecular weight is 305 g/mol. The largest absolute Gasteiger partial charge is 0.461 e. The van der Waals surface area contributed by atoms with Crippen molar-refractivity contribution in [2.24, 2.45) is 0 Å². The van der Waals surface area contributed by atoms with Gasteiger partial charge in [-0.15, -0.1) is 11.3 Å². The molecule has 0 aliphatic heterocycles. The fourth-order valence-electron chi connectivity index (χ4n) is 2.05. The van der Waals surface area contributed by atoms with Crippen molar-refractivity contribution >= 4 is 28.1 Å². The van der Waals surface area contributed by atoms with E-state index in [9.17, 15) is 9.18 Å². The molecule has 0 saturated heterocycles. The number of fused-ring (bicyclic) bond motifs is 1. The second-order valence-electron chi connectivity index (χ2n) is 4.31. The van der Waals surface area contributed by atoms with Crippen LogP contribution in [0.3, 0.4) is 0 Å². The molecular formula is C14H12FN3O2S. The lowest BCUT2D eigenvalue weighted by Crippen LogP contribution is -2.09. The van der Waals surface area contributed by atoms with E-state index in [1.54, 1.807) is 28.8 Å². The van der Waals surface area contributed by atoms with Crippen LogP contribution < -0.4 is 5.73 Å². The van der Waals surface area contributed by atoms with E-state index in [2.05, 4.69) is 4.98 Å². The van der Waals surface area contributed by atoms with Crippen molar-refractivity contribution in [1.29, 1.82) is 0 Å². The maximum atomic E-state index is 13.0. The molecule has 0 fully saturated rings. The molecule has 0 aliphatic carbocycles. The number of nitrogens with two attached hydrogens (primary N) is 1. The van der Waals surface area contributed by atoms with Crippen LogP contribution in [0.1, 0.15) is 17.4 Å². The minimum atomic E-state index is -0.446. The predicted molar refractivity (Wildman–Crippen MR) is 78.8 cm³/mol. The first-order valence-corrected chi connectivity index (χ1v) is 7.18. The fraction of sp³-hybridized carbons (Fsp3) is 0.143. The molecule has 2 aromatic heterocycles. The highest BCUT2D eigenvalue weighted by Crippen LogP contribution is 2.30. The third kappa shape index (κ3) is 2.25. The quantitative estimate of drug-likeness (QED) is 0.755. The summed E-state index contributed by atoms with van der Waals surface area (Å²) in [5.41, 5.74) is 7.65. The minimum absolute atomic E-state index is 0.287. The first kappa shape index (κ1) is 13.6. The van der Waals surface area contributed by atoms with Gasteiger partial charge in [-0.25, -0.2) is 14.2 Å². The van der Waals surface area contributed by atoms with Gasteiger partial charge in [-0.3, -0.25) is 4.40 Å². The Bertz CT molecular complexity index is 808. The Morgan fingerprint density at radius 2 is 2.14 bits per heavy atom. The third-order valence-electron chi connectivity index (χ3n) is 3.00. The van der Waals surface area contributed by atoms with E-state index < -0.39 is 5.97 Å². The van der Waals surface area contributed by atoms with Crippen LogP contribution >= 0.6 is 11.3 Å². The molecule has 3 rings (SSSR count). The lowest BCUT2D eigenvalue weighted by Gasteiger charge is -2.02. The van der Waals surface area contributed by atoms with Gasteiger partial charge in [0.15, 0.2) is 4.96 Å². The zero-order chi connectivity index (χ0) is 15.0. The molecule has 0 aliphatic rings. The number of benzene rings is 1. The topological polar surface area (TPSA) is 69.6 Å². The molecular weight excluding hydrogens is 293 g/mol. The van der Waals surface area contributed by atoms with Gasteiger partial charge in [0.1, 0.15) is 23.0 Å². The van der Waals surface area contributed by atoms with Crippen molar-refractivity contribution in [3.8, 4) is 11.3 Å². The van der Waals surface area contributed by atoms with Gasteiger partial charge < -0.3 is 10.5 Å². The average Bonchev–Trinajstić information content (AvgIpc) is 3.01. The summed E-state index contributed by atoms with van der Waals surface area (Å²) >= 11 is 1.30. The van der Waals surface area contributed by atoms with Gasteiger partial charge in [0.05, 0.1) is 6.61 Å². The Labute approximate surface area is 123 Å². The highest BCUT2D eigenvalue weighted by molar-refractivity contribution is 7.15. The molecule has 21 heavy (non-hydrogen) atoms. The molecule has 1 aromatic carbocycles. The molecule has 0 bridgehead atoms. The Hall–Kier alpha value is -2.41. The summed E-state index contributed by atoms with van der Waals surface area (Å²) in [6.07, 6.45) is 0. The van der Waals surface area contributed by atoms with Crippen LogP contribution in [0.15, 0.2) is 29.6 Å². The number of aromatic nitrogens is 2. The third-order valence-corrected chi connectivity index (χ3v) is 3.83. The van der Waals surface area contributed by atoms with Gasteiger partial charge in [-0.05, 0) is 31.2 Å². The molecule has 7 heteroatoms. The van der Waals surface area contributed by atoms with Crippen LogP contribution in [0.25, 0.3) is 16.2 Å². The normalized spacial score (nSPS) is 11.0. The number of ether oxygens (including phenoxy) is 1. The highest BCUT2D eigenvalue weighted by Gasteiger charge is 2.20. The van der Waals surface area contributed by atoms with Crippen molar-refractivity contribution in [2.75, 3.05) is 12.3 Å². The number of imidazole rings is 1. The second kappa shape index (κ2) is 5.17. The number of carbonyl (C=O) groups is 1. The summed E-state index contributed by atoms with van der Waals surface area (Å²) in [5, 5.41) is 1.66. The van der Waals surface area contributed by atoms with Crippen LogP contribution in [0.5, 0.6) is 0 Å². The molecule has 108 valence electrons. The standard InChI is InChI=1S/C14H12FN3O2S/c1-2-20-13(19)10-7-21-14-17-11(12(16)18(10)14)8-3-5-9(15)6-4-8/h3-7H,2,16H2,1H3. The van der Waals surface area contributed by atoms with Gasteiger partial charge >= 0.3 is 5.97 Å². The second-order valence-corrected chi connectivity index (χ2v) is 5.15. The van der Waals surface area contributed by atoms with E-state index >= 15 is 0 Å². The molecule has 0 saturated carbocycles. The summed E-state index contributed by atoms with van der Waals surface area (Å²) in [6, 6.07) is 5.88. The SMILES string of the molecule is CCOC(=O)c1csc2nc(-c3ccc(F)cc3)c(N)n12. The van der Waals surface area contributed by atoms with Gasteiger partial charge in [0.25, 0.3) is 0 Å². The lowest BCUT2D eigenvalue weighted by molar-refractivity contribution is 0.0519. The van der Waals surface area contributed by atoms with E-state index in [0.717, 1.165) is 0 Å². The lowest BCUT2D eigenvalue weighted by atomic mass is 10.1. The number of hydrogen-bond donors (Lipinski definition) is 1. The van der Waals surface area contributed by atoms with Crippen molar-refractivity contribution in [3.63, 3.8) is 0 Å². The summed E-state index contributed by atoms with van der Waals surface area (Å²) in [5.74, 6) is -0.440. The summed E-state index contributed by atoms with van der Waals surface area (Å²) in [6.45, 7) is 2.03. The monoisotopic (exact) mass is 305 g/mol. The fourth-order valence-corrected chi connectivity index (χ4v) is 2.91. The van der Waals surface area contributed by atoms with E-state index in [4.69, 9.17) is 10.5 Å². The Morgan fingerprint density at radius 1 is 1.43 bits per heavy atom. The zero-order valence-corrected chi connectivity index (χ0v) is 12.0. The van der Waals surface area contributed by atoms with Crippen LogP contribution in [-0.2, 0) is 4.74 Å². The zero-order valence-electron chi connectivity index (χ0n) is 11.2. The number of halogens is 1. The number of nitrogens with zero attached hydrogens (tertiary/aromatic N) is 2. The van der Waals surface area contributed by atoms with Crippen molar-refractivity contribution in [3.05, 3.63) is 41.2 Å². The number of anilines is 1. The van der Waals surface area contributed by atoms with Gasteiger partial charge in [0, 0.05) is 10.9 Å². The van der Waals surface area contributed by atoms with E-state index in [1.165, 1.54) is 23.5 Å². The Kier molecular flexibility index (Phi) is 3.34. The Morgan fingerprint density at radius 3 is 2.81 bits per heavy atom. The number of hydrogen-bond acceptors (Lipinski definition) is 5. The minimum Gasteiger partial charge on any atom is -0.461 e. The smallest absolute Gasteiger partial charge is 0.356 e. The van der Waals surface area contributed by atoms with Crippen LogP contribution in [-0.4, -0.2) is 22.0 Å². The number of esters is 1. The predicted octanol–water partition coefficient (Wildman–Crippen LogP) is 2.96. The van der Waals surface area contributed by atoms with Crippen molar-refractivity contribution < 1.29 is 13.9 Å². The molecule has 0 amide bonds. The molecule has 3 aromatic rings. The summed E-state index contributed by atoms with van der Waals surface area (Å²) < 4.78 is 19.5. The maximum Gasteiger partial charge on any atom is 0.356 e. The number of nitrogen functional groups attached to an aromatic ring is 1. The van der Waals surface area contributed by atoms with Crippen LogP contribution in [0.4, 0.5) is 10.2 Å². The molecule has 2 heterocycles. The first-order valence-electron chi connectivity index (χ1n) is 6.30. The van der Waals surface area contributed by atoms with Gasteiger partial charge in [0.2, 0.25) is 0 Å². The maximum absolute atomic E-state index is 13.0. The van der Waals surface area contributed by atoms with Crippen LogP contribution in [0, 0.1) is 5.82 Å². The summed E-state index contributed by atoms with van der Waals surface area (Å²) in [4.78, 5) is 16.9. The molecule has 2 N–H and O–H groups in total. The van der Waals surface area contributed by atoms with E-state index in [0.29, 0.717) is 27.7 Å². The highest BCUT2D eigenvalue weighted by atomic mass is 32.1. The first-order chi connectivity index (χ1) is 10.1.